The molecular weight excluding hydrogens is 376 g/mol. The van der Waals surface area contributed by atoms with Gasteiger partial charge >= 0.3 is 0 Å². The SMILES string of the molecule is Cc1nc(N2CCN(S(=O)(=O)Cc3ccccc3)CC2)cc(-n2ccnc2)n1. The lowest BCUT2D eigenvalue weighted by Crippen LogP contribution is -2.49. The zero-order chi connectivity index (χ0) is 19.6. The second-order valence-corrected chi connectivity index (χ2v) is 8.70. The van der Waals surface area contributed by atoms with Gasteiger partial charge in [-0.25, -0.2) is 23.4 Å². The van der Waals surface area contributed by atoms with Crippen molar-refractivity contribution in [2.45, 2.75) is 12.7 Å². The molecule has 0 amide bonds. The number of anilines is 1. The average molecular weight is 398 g/mol. The van der Waals surface area contributed by atoms with Crippen molar-refractivity contribution >= 4 is 15.8 Å². The topological polar surface area (TPSA) is 84.2 Å². The molecule has 1 fully saturated rings. The number of hydrogen-bond acceptors (Lipinski definition) is 6. The third-order valence-corrected chi connectivity index (χ3v) is 6.58. The third kappa shape index (κ3) is 4.05. The zero-order valence-corrected chi connectivity index (χ0v) is 16.5. The highest BCUT2D eigenvalue weighted by molar-refractivity contribution is 7.88. The van der Waals surface area contributed by atoms with Crippen LogP contribution in [0.1, 0.15) is 11.4 Å². The molecule has 0 unspecified atom stereocenters. The normalized spacial score (nSPS) is 15.7. The summed E-state index contributed by atoms with van der Waals surface area (Å²) < 4.78 is 28.9. The van der Waals surface area contributed by atoms with Crippen LogP contribution in [0.2, 0.25) is 0 Å². The number of benzene rings is 1. The van der Waals surface area contributed by atoms with Gasteiger partial charge in [-0.05, 0) is 12.5 Å². The largest absolute Gasteiger partial charge is 0.354 e. The van der Waals surface area contributed by atoms with E-state index in [1.54, 1.807) is 16.8 Å². The van der Waals surface area contributed by atoms with Gasteiger partial charge in [0.1, 0.15) is 23.8 Å². The van der Waals surface area contributed by atoms with E-state index < -0.39 is 10.0 Å². The smallest absolute Gasteiger partial charge is 0.218 e. The van der Waals surface area contributed by atoms with Crippen LogP contribution in [-0.2, 0) is 15.8 Å². The first-order valence-corrected chi connectivity index (χ1v) is 10.7. The molecule has 1 aliphatic rings. The molecule has 0 N–H and O–H groups in total. The molecule has 0 saturated carbocycles. The molecule has 4 rings (SSSR count). The molecule has 0 radical (unpaired) electrons. The quantitative estimate of drug-likeness (QED) is 0.649. The Kier molecular flexibility index (Phi) is 5.10. The highest BCUT2D eigenvalue weighted by atomic mass is 32.2. The van der Waals surface area contributed by atoms with Crippen LogP contribution in [0.15, 0.2) is 55.1 Å². The summed E-state index contributed by atoms with van der Waals surface area (Å²) in [6.07, 6.45) is 5.23. The standard InChI is InChI=1S/C19H22N6O2S/c1-16-21-18(13-19(22-16)24-8-7-20-15-24)23-9-11-25(12-10-23)28(26,27)14-17-5-3-2-4-6-17/h2-8,13,15H,9-12,14H2,1H3. The maximum absolute atomic E-state index is 12.7. The van der Waals surface area contributed by atoms with Crippen molar-refractivity contribution in [3.63, 3.8) is 0 Å². The zero-order valence-electron chi connectivity index (χ0n) is 15.6. The fourth-order valence-corrected chi connectivity index (χ4v) is 4.81. The Hall–Kier alpha value is -2.78. The van der Waals surface area contributed by atoms with E-state index in [2.05, 4.69) is 19.9 Å². The molecule has 0 bridgehead atoms. The number of rotatable bonds is 5. The Balaban J connectivity index is 1.46. The Morgan fingerprint density at radius 1 is 1.00 bits per heavy atom. The van der Waals surface area contributed by atoms with Crippen LogP contribution < -0.4 is 4.90 Å². The third-order valence-electron chi connectivity index (χ3n) is 4.73. The minimum Gasteiger partial charge on any atom is -0.354 e. The Morgan fingerprint density at radius 2 is 1.71 bits per heavy atom. The van der Waals surface area contributed by atoms with Crippen LogP contribution in [0, 0.1) is 6.92 Å². The lowest BCUT2D eigenvalue weighted by Gasteiger charge is -2.34. The summed E-state index contributed by atoms with van der Waals surface area (Å²) in [5.74, 6) is 2.25. The summed E-state index contributed by atoms with van der Waals surface area (Å²) in [5, 5.41) is 0. The fraction of sp³-hybridized carbons (Fsp3) is 0.316. The fourth-order valence-electron chi connectivity index (χ4n) is 3.30. The minimum atomic E-state index is -3.33. The second kappa shape index (κ2) is 7.69. The number of sulfonamides is 1. The molecule has 0 atom stereocenters. The molecule has 28 heavy (non-hydrogen) atoms. The number of aryl methyl sites for hydroxylation is 1. The van der Waals surface area contributed by atoms with Crippen LogP contribution >= 0.6 is 0 Å². The summed E-state index contributed by atoms with van der Waals surface area (Å²) in [6, 6.07) is 11.2. The molecule has 8 nitrogen and oxygen atoms in total. The van der Waals surface area contributed by atoms with Gasteiger partial charge in [-0.1, -0.05) is 30.3 Å². The van der Waals surface area contributed by atoms with Gasteiger partial charge in [-0.3, -0.25) is 4.57 Å². The van der Waals surface area contributed by atoms with Crippen molar-refractivity contribution in [2.24, 2.45) is 0 Å². The lowest BCUT2D eigenvalue weighted by atomic mass is 10.2. The second-order valence-electron chi connectivity index (χ2n) is 6.73. The summed E-state index contributed by atoms with van der Waals surface area (Å²) in [7, 11) is -3.33. The number of imidazole rings is 1. The van der Waals surface area contributed by atoms with E-state index in [1.165, 1.54) is 0 Å². The first-order chi connectivity index (χ1) is 13.5. The predicted molar refractivity (Wildman–Crippen MR) is 107 cm³/mol. The molecule has 1 aromatic carbocycles. The van der Waals surface area contributed by atoms with Gasteiger partial charge < -0.3 is 4.90 Å². The van der Waals surface area contributed by atoms with Crippen molar-refractivity contribution in [3.05, 3.63) is 66.5 Å². The summed E-state index contributed by atoms with van der Waals surface area (Å²) in [6.45, 7) is 3.92. The van der Waals surface area contributed by atoms with Gasteiger partial charge in [-0.15, -0.1) is 0 Å². The monoisotopic (exact) mass is 398 g/mol. The van der Waals surface area contributed by atoms with E-state index in [-0.39, 0.29) is 5.75 Å². The Labute approximate surface area is 164 Å². The molecule has 9 heteroatoms. The van der Waals surface area contributed by atoms with Crippen LogP contribution in [-0.4, -0.2) is 58.4 Å². The minimum absolute atomic E-state index is 0.0330. The van der Waals surface area contributed by atoms with E-state index >= 15 is 0 Å². The van der Waals surface area contributed by atoms with Gasteiger partial charge in [0.2, 0.25) is 10.0 Å². The Morgan fingerprint density at radius 3 is 2.39 bits per heavy atom. The molecule has 0 spiro atoms. The first-order valence-electron chi connectivity index (χ1n) is 9.12. The molecular formula is C19H22N6O2S. The number of hydrogen-bond donors (Lipinski definition) is 0. The highest BCUT2D eigenvalue weighted by Gasteiger charge is 2.28. The van der Waals surface area contributed by atoms with Crippen molar-refractivity contribution in [1.29, 1.82) is 0 Å². The van der Waals surface area contributed by atoms with Gasteiger partial charge in [0.05, 0.1) is 5.75 Å². The molecule has 0 aliphatic carbocycles. The van der Waals surface area contributed by atoms with E-state index in [4.69, 9.17) is 0 Å². The molecule has 1 aliphatic heterocycles. The molecule has 2 aromatic heterocycles. The van der Waals surface area contributed by atoms with E-state index in [9.17, 15) is 8.42 Å². The van der Waals surface area contributed by atoms with Crippen molar-refractivity contribution < 1.29 is 8.42 Å². The molecule has 3 aromatic rings. The first kappa shape index (κ1) is 18.6. The highest BCUT2D eigenvalue weighted by Crippen LogP contribution is 2.19. The number of aromatic nitrogens is 4. The Bertz CT molecular complexity index is 1030. The van der Waals surface area contributed by atoms with E-state index in [0.717, 1.165) is 17.2 Å². The van der Waals surface area contributed by atoms with Gasteiger partial charge in [0.15, 0.2) is 0 Å². The summed E-state index contributed by atoms with van der Waals surface area (Å²) in [4.78, 5) is 15.1. The lowest BCUT2D eigenvalue weighted by molar-refractivity contribution is 0.383. The molecule has 146 valence electrons. The van der Waals surface area contributed by atoms with Crippen LogP contribution in [0.3, 0.4) is 0 Å². The molecule has 3 heterocycles. The van der Waals surface area contributed by atoms with Crippen LogP contribution in [0.25, 0.3) is 5.82 Å². The number of nitrogens with zero attached hydrogens (tertiary/aromatic N) is 6. The maximum Gasteiger partial charge on any atom is 0.218 e. The average Bonchev–Trinajstić information content (AvgIpc) is 3.23. The van der Waals surface area contributed by atoms with E-state index in [1.807, 2.05) is 54.1 Å². The summed E-state index contributed by atoms with van der Waals surface area (Å²) >= 11 is 0. The van der Waals surface area contributed by atoms with Gasteiger partial charge in [-0.2, -0.15) is 4.31 Å². The van der Waals surface area contributed by atoms with Gasteiger partial charge in [0.25, 0.3) is 0 Å². The maximum atomic E-state index is 12.7. The van der Waals surface area contributed by atoms with Gasteiger partial charge in [0, 0.05) is 44.6 Å². The van der Waals surface area contributed by atoms with Crippen molar-refractivity contribution in [1.82, 2.24) is 23.8 Å². The molecule has 1 saturated heterocycles. The summed E-state index contributed by atoms with van der Waals surface area (Å²) in [5.41, 5.74) is 0.807. The predicted octanol–water partition coefficient (Wildman–Crippen LogP) is 1.62. The van der Waals surface area contributed by atoms with E-state index in [0.29, 0.717) is 32.0 Å². The van der Waals surface area contributed by atoms with Crippen LogP contribution in [0.4, 0.5) is 5.82 Å². The van der Waals surface area contributed by atoms with Crippen molar-refractivity contribution in [2.75, 3.05) is 31.1 Å². The van der Waals surface area contributed by atoms with Crippen molar-refractivity contribution in [3.8, 4) is 5.82 Å². The van der Waals surface area contributed by atoms with Crippen LogP contribution in [0.5, 0.6) is 0 Å². The number of piperazine rings is 1.